The first-order valence-electron chi connectivity index (χ1n) is 9.64. The average molecular weight is 386 g/mol. The predicted octanol–water partition coefficient (Wildman–Crippen LogP) is 3.61. The van der Waals surface area contributed by atoms with Crippen LogP contribution in [0.5, 0.6) is 5.75 Å². The van der Waals surface area contributed by atoms with E-state index >= 15 is 0 Å². The Balaban J connectivity index is 1.59. The van der Waals surface area contributed by atoms with Crippen molar-refractivity contribution in [2.45, 2.75) is 19.9 Å². The molecular weight excluding hydrogens is 364 g/mol. The fraction of sp³-hybridized carbons (Fsp3) is 0.227. The molecule has 0 bridgehead atoms. The van der Waals surface area contributed by atoms with Crippen LogP contribution in [0.3, 0.4) is 0 Å². The number of aromatic nitrogens is 3. The summed E-state index contributed by atoms with van der Waals surface area (Å²) in [5, 5.41) is 8.48. The van der Waals surface area contributed by atoms with E-state index in [-0.39, 0.29) is 0 Å². The van der Waals surface area contributed by atoms with E-state index in [4.69, 9.17) is 9.73 Å². The molecule has 0 unspecified atom stereocenters. The number of methoxy groups -OCH3 is 1. The second-order valence-corrected chi connectivity index (χ2v) is 7.31. The Hall–Kier alpha value is -3.61. The van der Waals surface area contributed by atoms with Crippen molar-refractivity contribution >= 4 is 17.1 Å². The number of aliphatic imine (C=N–C) groups is 1. The summed E-state index contributed by atoms with van der Waals surface area (Å²) in [6.07, 6.45) is 3.95. The molecule has 3 heterocycles. The molecule has 3 aromatic rings. The first-order chi connectivity index (χ1) is 14.2. The number of fused-ring (bicyclic) bond motifs is 3. The van der Waals surface area contributed by atoms with Crippen LogP contribution in [0, 0.1) is 0 Å². The Morgan fingerprint density at radius 1 is 1.03 bits per heavy atom. The van der Waals surface area contributed by atoms with E-state index in [1.165, 1.54) is 5.69 Å². The molecule has 0 radical (unpaired) electrons. The number of allylic oxidation sites excluding steroid dienone is 1. The summed E-state index contributed by atoms with van der Waals surface area (Å²) < 4.78 is 7.18. The molecule has 0 atom stereocenters. The van der Waals surface area contributed by atoms with Gasteiger partial charge >= 0.3 is 0 Å². The SMILES string of the molecule is COc1cccc(-n2nncc2C2=NCN3C2=CN(C(C)C)c2ccccc23)c1. The lowest BCUT2D eigenvalue weighted by atomic mass is 10.1. The Labute approximate surface area is 169 Å². The highest BCUT2D eigenvalue weighted by Gasteiger charge is 2.33. The molecule has 2 aromatic carbocycles. The third kappa shape index (κ3) is 2.77. The van der Waals surface area contributed by atoms with Gasteiger partial charge in [-0.3, -0.25) is 4.99 Å². The standard InChI is InChI=1S/C22H22N6O/c1-15(2)26-13-21-22(23-14-27(21)19-10-5-4-9-18(19)26)20-12-24-25-28(20)16-7-6-8-17(11-16)29-3/h4-13,15H,14H2,1-3H3. The van der Waals surface area contributed by atoms with Gasteiger partial charge in [0.15, 0.2) is 0 Å². The van der Waals surface area contributed by atoms with Crippen LogP contribution in [-0.4, -0.2) is 40.5 Å². The average Bonchev–Trinajstić information content (AvgIpc) is 3.39. The Morgan fingerprint density at radius 2 is 1.86 bits per heavy atom. The van der Waals surface area contributed by atoms with Crippen LogP contribution in [0.4, 0.5) is 11.4 Å². The molecule has 0 saturated carbocycles. The van der Waals surface area contributed by atoms with Gasteiger partial charge in [0.2, 0.25) is 0 Å². The summed E-state index contributed by atoms with van der Waals surface area (Å²) in [4.78, 5) is 9.40. The van der Waals surface area contributed by atoms with Crippen molar-refractivity contribution in [3.05, 3.63) is 72.3 Å². The second-order valence-electron chi connectivity index (χ2n) is 7.31. The number of ether oxygens (including phenoxy) is 1. The third-order valence-corrected chi connectivity index (χ3v) is 5.26. The number of nitrogens with zero attached hydrogens (tertiary/aromatic N) is 6. The van der Waals surface area contributed by atoms with Crippen LogP contribution in [0.15, 0.2) is 71.6 Å². The molecule has 0 fully saturated rings. The first-order valence-corrected chi connectivity index (χ1v) is 9.64. The molecule has 0 saturated heterocycles. The molecule has 146 valence electrons. The van der Waals surface area contributed by atoms with Crippen molar-refractivity contribution < 1.29 is 4.74 Å². The van der Waals surface area contributed by atoms with Crippen molar-refractivity contribution in [1.82, 2.24) is 15.0 Å². The largest absolute Gasteiger partial charge is 0.497 e. The lowest BCUT2D eigenvalue weighted by Gasteiger charge is -2.36. The van der Waals surface area contributed by atoms with Gasteiger partial charge in [-0.25, -0.2) is 4.68 Å². The molecule has 0 amide bonds. The minimum absolute atomic E-state index is 0.328. The van der Waals surface area contributed by atoms with Gasteiger partial charge in [-0.15, -0.1) is 5.10 Å². The summed E-state index contributed by atoms with van der Waals surface area (Å²) >= 11 is 0. The number of anilines is 2. The number of benzene rings is 2. The zero-order valence-corrected chi connectivity index (χ0v) is 16.6. The summed E-state index contributed by atoms with van der Waals surface area (Å²) in [6.45, 7) is 4.96. The van der Waals surface area contributed by atoms with E-state index in [0.29, 0.717) is 12.7 Å². The van der Waals surface area contributed by atoms with Crippen molar-refractivity contribution in [2.75, 3.05) is 23.6 Å². The van der Waals surface area contributed by atoms with E-state index in [9.17, 15) is 0 Å². The fourth-order valence-corrected chi connectivity index (χ4v) is 3.84. The van der Waals surface area contributed by atoms with Gasteiger partial charge in [-0.05, 0) is 38.1 Å². The lowest BCUT2D eigenvalue weighted by molar-refractivity contribution is 0.414. The molecule has 0 spiro atoms. The molecule has 0 N–H and O–H groups in total. The molecule has 2 aliphatic heterocycles. The summed E-state index contributed by atoms with van der Waals surface area (Å²) in [6, 6.07) is 16.6. The van der Waals surface area contributed by atoms with E-state index in [1.807, 2.05) is 28.9 Å². The van der Waals surface area contributed by atoms with Gasteiger partial charge < -0.3 is 14.5 Å². The van der Waals surface area contributed by atoms with Crippen molar-refractivity contribution in [1.29, 1.82) is 0 Å². The minimum Gasteiger partial charge on any atom is -0.497 e. The number of hydrogen-bond acceptors (Lipinski definition) is 6. The monoisotopic (exact) mass is 386 g/mol. The molecule has 0 aliphatic carbocycles. The summed E-state index contributed by atoms with van der Waals surface area (Å²) in [5.74, 6) is 0.774. The highest BCUT2D eigenvalue weighted by atomic mass is 16.5. The van der Waals surface area contributed by atoms with Gasteiger partial charge in [-0.1, -0.05) is 23.4 Å². The Bertz CT molecular complexity index is 1130. The molecule has 5 rings (SSSR count). The van der Waals surface area contributed by atoms with Crippen LogP contribution in [0.25, 0.3) is 5.69 Å². The van der Waals surface area contributed by atoms with Crippen molar-refractivity contribution in [3.8, 4) is 11.4 Å². The third-order valence-electron chi connectivity index (χ3n) is 5.26. The van der Waals surface area contributed by atoms with Crippen LogP contribution in [0.2, 0.25) is 0 Å². The van der Waals surface area contributed by atoms with Gasteiger partial charge in [0.25, 0.3) is 0 Å². The smallest absolute Gasteiger partial charge is 0.121 e. The zero-order chi connectivity index (χ0) is 20.0. The first kappa shape index (κ1) is 17.5. The fourth-order valence-electron chi connectivity index (χ4n) is 3.84. The maximum absolute atomic E-state index is 5.37. The lowest BCUT2D eigenvalue weighted by Crippen LogP contribution is -2.35. The van der Waals surface area contributed by atoms with Gasteiger partial charge in [0, 0.05) is 18.3 Å². The maximum atomic E-state index is 5.37. The van der Waals surface area contributed by atoms with Crippen LogP contribution in [-0.2, 0) is 0 Å². The van der Waals surface area contributed by atoms with Crippen LogP contribution in [0.1, 0.15) is 19.5 Å². The highest BCUT2D eigenvalue weighted by molar-refractivity contribution is 6.16. The quantitative estimate of drug-likeness (QED) is 0.686. The van der Waals surface area contributed by atoms with Gasteiger partial charge in [0.1, 0.15) is 23.8 Å². The predicted molar refractivity (Wildman–Crippen MR) is 114 cm³/mol. The molecule has 1 aromatic heterocycles. The van der Waals surface area contributed by atoms with Gasteiger partial charge in [0.05, 0.1) is 36.1 Å². The number of para-hydroxylation sites is 2. The normalized spacial score (nSPS) is 15.2. The van der Waals surface area contributed by atoms with E-state index in [1.54, 1.807) is 13.3 Å². The molecule has 2 aliphatic rings. The second kappa shape index (κ2) is 6.77. The Kier molecular flexibility index (Phi) is 4.08. The molecule has 7 nitrogen and oxygen atoms in total. The van der Waals surface area contributed by atoms with E-state index in [0.717, 1.165) is 34.2 Å². The van der Waals surface area contributed by atoms with Crippen molar-refractivity contribution in [3.63, 3.8) is 0 Å². The minimum atomic E-state index is 0.328. The van der Waals surface area contributed by atoms with Crippen molar-refractivity contribution in [2.24, 2.45) is 4.99 Å². The van der Waals surface area contributed by atoms with E-state index < -0.39 is 0 Å². The summed E-state index contributed by atoms with van der Waals surface area (Å²) in [5.41, 5.74) is 6.05. The van der Waals surface area contributed by atoms with Gasteiger partial charge in [-0.2, -0.15) is 0 Å². The highest BCUT2D eigenvalue weighted by Crippen LogP contribution is 2.40. The molecule has 29 heavy (non-hydrogen) atoms. The topological polar surface area (TPSA) is 58.8 Å². The van der Waals surface area contributed by atoms with Crippen LogP contribution >= 0.6 is 0 Å². The Morgan fingerprint density at radius 3 is 2.66 bits per heavy atom. The number of rotatable bonds is 4. The summed E-state index contributed by atoms with van der Waals surface area (Å²) in [7, 11) is 1.66. The molecule has 7 heteroatoms. The number of hydrogen-bond donors (Lipinski definition) is 0. The van der Waals surface area contributed by atoms with Crippen LogP contribution < -0.4 is 14.5 Å². The zero-order valence-electron chi connectivity index (χ0n) is 16.6. The molecular formula is C22H22N6O. The maximum Gasteiger partial charge on any atom is 0.121 e. The van der Waals surface area contributed by atoms with E-state index in [2.05, 4.69) is 64.4 Å².